The molecule has 116 valence electrons. The summed E-state index contributed by atoms with van der Waals surface area (Å²) in [6, 6.07) is -1.01. The van der Waals surface area contributed by atoms with Crippen LogP contribution < -0.4 is 5.32 Å². The fraction of sp³-hybridized carbons (Fsp3) is 0.750. The first-order valence-corrected chi connectivity index (χ1v) is 6.33. The van der Waals surface area contributed by atoms with E-state index in [4.69, 9.17) is 19.3 Å². The first kappa shape index (κ1) is 16.9. The highest BCUT2D eigenvalue weighted by Gasteiger charge is 2.45. The minimum absolute atomic E-state index is 0.0105. The molecular formula is C12H21NO7. The number of alkyl carbamates (subject to hydrolysis) is 1. The van der Waals surface area contributed by atoms with Gasteiger partial charge in [-0.3, -0.25) is 0 Å². The second-order valence-corrected chi connectivity index (χ2v) is 4.22. The number of aliphatic hydroxyl groups excluding tert-OH is 3. The molecule has 1 amide bonds. The van der Waals surface area contributed by atoms with Crippen molar-refractivity contribution < 1.29 is 34.3 Å². The number of amides is 1. The monoisotopic (exact) mass is 291 g/mol. The first-order chi connectivity index (χ1) is 9.54. The van der Waals surface area contributed by atoms with Gasteiger partial charge in [-0.2, -0.15) is 0 Å². The highest BCUT2D eigenvalue weighted by Crippen LogP contribution is 2.22. The maximum absolute atomic E-state index is 11.5. The quantitative estimate of drug-likeness (QED) is 0.451. The number of hydrogen-bond acceptors (Lipinski definition) is 7. The van der Waals surface area contributed by atoms with Crippen LogP contribution in [0.1, 0.15) is 6.92 Å². The van der Waals surface area contributed by atoms with Crippen LogP contribution in [-0.2, 0) is 14.2 Å². The molecule has 1 rings (SSSR count). The summed E-state index contributed by atoms with van der Waals surface area (Å²) in [6.07, 6.45) is -4.08. The number of ether oxygens (including phenoxy) is 3. The van der Waals surface area contributed by atoms with Crippen LogP contribution in [0.3, 0.4) is 0 Å². The van der Waals surface area contributed by atoms with Crippen LogP contribution in [0.2, 0.25) is 0 Å². The summed E-state index contributed by atoms with van der Waals surface area (Å²) in [5, 5.41) is 31.2. The van der Waals surface area contributed by atoms with Crippen molar-refractivity contribution in [3.63, 3.8) is 0 Å². The van der Waals surface area contributed by atoms with Gasteiger partial charge in [-0.25, -0.2) is 4.79 Å². The molecule has 0 radical (unpaired) electrons. The van der Waals surface area contributed by atoms with E-state index in [1.54, 1.807) is 6.92 Å². The SMILES string of the molecule is C=CCOC(=O)N[C@@H]1[C@@H](OCC)O[C@H](CO)[C@@H](O)[C@@H]1O. The largest absolute Gasteiger partial charge is 0.445 e. The van der Waals surface area contributed by atoms with Crippen LogP contribution >= 0.6 is 0 Å². The van der Waals surface area contributed by atoms with E-state index in [2.05, 4.69) is 11.9 Å². The molecule has 0 aromatic heterocycles. The van der Waals surface area contributed by atoms with Gasteiger partial charge in [0.2, 0.25) is 0 Å². The van der Waals surface area contributed by atoms with Gasteiger partial charge in [0, 0.05) is 6.61 Å². The van der Waals surface area contributed by atoms with Crippen molar-refractivity contribution >= 4 is 6.09 Å². The van der Waals surface area contributed by atoms with Crippen molar-refractivity contribution in [2.24, 2.45) is 0 Å². The highest BCUT2D eigenvalue weighted by atomic mass is 16.7. The van der Waals surface area contributed by atoms with Crippen molar-refractivity contribution in [2.75, 3.05) is 19.8 Å². The van der Waals surface area contributed by atoms with Gasteiger partial charge >= 0.3 is 6.09 Å². The highest BCUT2D eigenvalue weighted by molar-refractivity contribution is 5.67. The Labute approximate surface area is 116 Å². The lowest BCUT2D eigenvalue weighted by atomic mass is 9.97. The Morgan fingerprint density at radius 1 is 1.45 bits per heavy atom. The number of carbonyl (C=O) groups excluding carboxylic acids is 1. The van der Waals surface area contributed by atoms with Gasteiger partial charge < -0.3 is 34.8 Å². The molecule has 8 heteroatoms. The normalized spacial score (nSPS) is 33.5. The minimum Gasteiger partial charge on any atom is -0.445 e. The molecule has 0 bridgehead atoms. The molecule has 0 aliphatic carbocycles. The lowest BCUT2D eigenvalue weighted by molar-refractivity contribution is -0.268. The topological polar surface area (TPSA) is 117 Å². The predicted octanol–water partition coefficient (Wildman–Crippen LogP) is -1.26. The Morgan fingerprint density at radius 3 is 2.70 bits per heavy atom. The van der Waals surface area contributed by atoms with Gasteiger partial charge in [0.25, 0.3) is 0 Å². The first-order valence-electron chi connectivity index (χ1n) is 6.33. The average molecular weight is 291 g/mol. The molecule has 1 aliphatic rings. The summed E-state index contributed by atoms with van der Waals surface area (Å²) in [4.78, 5) is 11.5. The molecular weight excluding hydrogens is 270 g/mol. The molecule has 0 aromatic rings. The third kappa shape index (κ3) is 4.15. The molecule has 5 atom stereocenters. The van der Waals surface area contributed by atoms with Gasteiger partial charge in [0.1, 0.15) is 31.0 Å². The maximum atomic E-state index is 11.5. The van der Waals surface area contributed by atoms with Gasteiger partial charge in [-0.15, -0.1) is 0 Å². The summed E-state index contributed by atoms with van der Waals surface area (Å²) in [7, 11) is 0. The van der Waals surface area contributed by atoms with E-state index >= 15 is 0 Å². The summed E-state index contributed by atoms with van der Waals surface area (Å²) in [5.41, 5.74) is 0. The number of aliphatic hydroxyl groups is 3. The number of nitrogens with one attached hydrogen (secondary N) is 1. The summed E-state index contributed by atoms with van der Waals surface area (Å²) < 4.78 is 15.3. The smallest absolute Gasteiger partial charge is 0.407 e. The van der Waals surface area contributed by atoms with Gasteiger partial charge in [0.15, 0.2) is 6.29 Å². The minimum atomic E-state index is -1.35. The number of hydrogen-bond donors (Lipinski definition) is 4. The predicted molar refractivity (Wildman–Crippen MR) is 67.9 cm³/mol. The lowest BCUT2D eigenvalue weighted by Crippen LogP contribution is -2.64. The lowest BCUT2D eigenvalue weighted by Gasteiger charge is -2.41. The zero-order valence-corrected chi connectivity index (χ0v) is 11.3. The number of rotatable bonds is 6. The summed E-state index contributed by atoms with van der Waals surface area (Å²) >= 11 is 0. The van der Waals surface area contributed by atoms with E-state index in [0.29, 0.717) is 0 Å². The molecule has 1 aliphatic heterocycles. The van der Waals surface area contributed by atoms with Crippen molar-refractivity contribution in [1.29, 1.82) is 0 Å². The van der Waals surface area contributed by atoms with E-state index < -0.39 is 43.3 Å². The van der Waals surface area contributed by atoms with Crippen LogP contribution in [-0.4, -0.2) is 71.9 Å². The molecule has 1 saturated heterocycles. The van der Waals surface area contributed by atoms with E-state index in [1.165, 1.54) is 6.08 Å². The standard InChI is InChI=1S/C12H21NO7/c1-3-5-19-12(17)13-8-10(16)9(15)7(6-14)20-11(8)18-4-2/h3,7-11,14-16H,1,4-6H2,2H3,(H,13,17)/t7-,8+,9-,10-,11+/m1/s1. The zero-order chi connectivity index (χ0) is 15.1. The molecule has 0 spiro atoms. The van der Waals surface area contributed by atoms with E-state index in [-0.39, 0.29) is 13.2 Å². The molecule has 1 fully saturated rings. The molecule has 0 aromatic carbocycles. The van der Waals surface area contributed by atoms with Crippen molar-refractivity contribution in [3.05, 3.63) is 12.7 Å². The molecule has 1 heterocycles. The van der Waals surface area contributed by atoms with Crippen LogP contribution in [0.15, 0.2) is 12.7 Å². The van der Waals surface area contributed by atoms with Crippen LogP contribution in [0.25, 0.3) is 0 Å². The second-order valence-electron chi connectivity index (χ2n) is 4.22. The molecule has 4 N–H and O–H groups in total. The average Bonchev–Trinajstić information content (AvgIpc) is 2.44. The summed E-state index contributed by atoms with van der Waals surface area (Å²) in [6.45, 7) is 4.91. The second kappa shape index (κ2) is 8.18. The van der Waals surface area contributed by atoms with Crippen LogP contribution in [0.4, 0.5) is 4.79 Å². The van der Waals surface area contributed by atoms with Crippen molar-refractivity contribution in [1.82, 2.24) is 5.32 Å². The maximum Gasteiger partial charge on any atom is 0.407 e. The Kier molecular flexibility index (Phi) is 6.89. The Bertz CT molecular complexity index is 325. The molecule has 0 saturated carbocycles. The fourth-order valence-corrected chi connectivity index (χ4v) is 1.85. The zero-order valence-electron chi connectivity index (χ0n) is 11.3. The third-order valence-corrected chi connectivity index (χ3v) is 2.83. The molecule has 20 heavy (non-hydrogen) atoms. The van der Waals surface area contributed by atoms with Gasteiger partial charge in [0.05, 0.1) is 6.61 Å². The van der Waals surface area contributed by atoms with Gasteiger partial charge in [-0.05, 0) is 6.92 Å². The van der Waals surface area contributed by atoms with Crippen molar-refractivity contribution in [3.8, 4) is 0 Å². The van der Waals surface area contributed by atoms with E-state index in [9.17, 15) is 15.0 Å². The Morgan fingerprint density at radius 2 is 2.15 bits per heavy atom. The molecule has 8 nitrogen and oxygen atoms in total. The third-order valence-electron chi connectivity index (χ3n) is 2.83. The Hall–Kier alpha value is -1.19. The van der Waals surface area contributed by atoms with Crippen molar-refractivity contribution in [2.45, 2.75) is 37.6 Å². The fourth-order valence-electron chi connectivity index (χ4n) is 1.85. The van der Waals surface area contributed by atoms with E-state index in [0.717, 1.165) is 0 Å². The summed E-state index contributed by atoms with van der Waals surface area (Å²) in [5.74, 6) is 0. The Balaban J connectivity index is 2.72. The van der Waals surface area contributed by atoms with E-state index in [1.807, 2.05) is 0 Å². The van der Waals surface area contributed by atoms with Gasteiger partial charge in [-0.1, -0.05) is 12.7 Å². The molecule has 0 unspecified atom stereocenters. The van der Waals surface area contributed by atoms with Crippen LogP contribution in [0, 0.1) is 0 Å². The van der Waals surface area contributed by atoms with Crippen LogP contribution in [0.5, 0.6) is 0 Å². The number of carbonyl (C=O) groups is 1.